The number of aliphatic hydroxyl groups is 1. The summed E-state index contributed by atoms with van der Waals surface area (Å²) in [4.78, 5) is 13.2. The molecule has 1 aromatic rings. The fourth-order valence-electron chi connectivity index (χ4n) is 1.62. The van der Waals surface area contributed by atoms with Gasteiger partial charge < -0.3 is 14.4 Å². The number of β-amino-alcohol motifs (C(OH)–C–C–N with tert-alkyl or cyclic N) is 1. The highest BCUT2D eigenvalue weighted by molar-refractivity contribution is 5.92. The fourth-order valence-corrected chi connectivity index (χ4v) is 1.62. The maximum atomic E-state index is 11.6. The number of nitrogens with zero attached hydrogens (tertiary/aromatic N) is 1. The van der Waals surface area contributed by atoms with E-state index < -0.39 is 5.60 Å². The summed E-state index contributed by atoms with van der Waals surface area (Å²) < 4.78 is 5.20. The Labute approximate surface area is 82.1 Å². The molecule has 0 aliphatic carbocycles. The van der Waals surface area contributed by atoms with Crippen LogP contribution in [-0.4, -0.2) is 34.6 Å². The van der Waals surface area contributed by atoms with E-state index >= 15 is 0 Å². The van der Waals surface area contributed by atoms with Crippen LogP contribution in [0.1, 0.15) is 23.2 Å². The van der Waals surface area contributed by atoms with Gasteiger partial charge in [-0.1, -0.05) is 0 Å². The van der Waals surface area contributed by atoms with Crippen LogP contribution in [0.4, 0.5) is 0 Å². The summed E-state index contributed by atoms with van der Waals surface area (Å²) in [6.07, 6.45) is 0. The Morgan fingerprint density at radius 2 is 2.21 bits per heavy atom. The number of amides is 1. The molecule has 14 heavy (non-hydrogen) atoms. The number of likely N-dealkylation sites (tertiary alicyclic amines) is 1. The van der Waals surface area contributed by atoms with Crippen LogP contribution in [0.5, 0.6) is 0 Å². The van der Waals surface area contributed by atoms with Gasteiger partial charge in [0.1, 0.15) is 5.76 Å². The Balaban J connectivity index is 2.04. The average molecular weight is 195 g/mol. The quantitative estimate of drug-likeness (QED) is 0.721. The van der Waals surface area contributed by atoms with Gasteiger partial charge in [0.15, 0.2) is 5.76 Å². The van der Waals surface area contributed by atoms with Crippen molar-refractivity contribution < 1.29 is 14.3 Å². The minimum Gasteiger partial charge on any atom is -0.456 e. The van der Waals surface area contributed by atoms with E-state index in [0.29, 0.717) is 18.8 Å². The predicted octanol–water partition coefficient (Wildman–Crippen LogP) is 0.795. The van der Waals surface area contributed by atoms with E-state index in [1.54, 1.807) is 30.9 Å². The highest BCUT2D eigenvalue weighted by Crippen LogP contribution is 2.22. The minimum absolute atomic E-state index is 0.148. The molecule has 2 heterocycles. The molecule has 2 rings (SSSR count). The van der Waals surface area contributed by atoms with Crippen molar-refractivity contribution in [2.75, 3.05) is 13.1 Å². The molecule has 4 nitrogen and oxygen atoms in total. The molecule has 1 aromatic heterocycles. The molecule has 0 radical (unpaired) electrons. The van der Waals surface area contributed by atoms with Crippen molar-refractivity contribution in [2.24, 2.45) is 0 Å². The van der Waals surface area contributed by atoms with Gasteiger partial charge in [0.05, 0.1) is 18.7 Å². The third kappa shape index (κ3) is 1.53. The number of aryl methyl sites for hydroxylation is 1. The van der Waals surface area contributed by atoms with Gasteiger partial charge in [-0.05, 0) is 26.0 Å². The molecule has 0 saturated carbocycles. The van der Waals surface area contributed by atoms with Crippen molar-refractivity contribution in [2.45, 2.75) is 19.4 Å². The molecule has 0 unspecified atom stereocenters. The van der Waals surface area contributed by atoms with Gasteiger partial charge >= 0.3 is 0 Å². The summed E-state index contributed by atoms with van der Waals surface area (Å²) in [7, 11) is 0. The first-order chi connectivity index (χ1) is 6.48. The third-order valence-corrected chi connectivity index (χ3v) is 2.30. The van der Waals surface area contributed by atoms with E-state index in [1.165, 1.54) is 0 Å². The lowest BCUT2D eigenvalue weighted by molar-refractivity contribution is -0.0678. The molecule has 1 aliphatic heterocycles. The molecular weight excluding hydrogens is 182 g/mol. The molecule has 1 N–H and O–H groups in total. The molecule has 0 atom stereocenters. The van der Waals surface area contributed by atoms with Gasteiger partial charge in [-0.25, -0.2) is 0 Å². The summed E-state index contributed by atoms with van der Waals surface area (Å²) in [5.74, 6) is 0.920. The maximum absolute atomic E-state index is 11.6. The Morgan fingerprint density at radius 3 is 2.64 bits per heavy atom. The second-order valence-electron chi connectivity index (χ2n) is 4.07. The first-order valence-corrected chi connectivity index (χ1v) is 4.56. The van der Waals surface area contributed by atoms with Gasteiger partial charge in [-0.2, -0.15) is 0 Å². The Bertz CT molecular complexity index is 359. The van der Waals surface area contributed by atoms with Crippen LogP contribution in [0, 0.1) is 6.92 Å². The second-order valence-corrected chi connectivity index (χ2v) is 4.07. The summed E-state index contributed by atoms with van der Waals surface area (Å²) in [5.41, 5.74) is -0.725. The number of hydrogen-bond donors (Lipinski definition) is 1. The van der Waals surface area contributed by atoms with E-state index in [1.807, 2.05) is 0 Å². The van der Waals surface area contributed by atoms with Crippen molar-refractivity contribution >= 4 is 5.91 Å². The molecule has 76 valence electrons. The lowest BCUT2D eigenvalue weighted by Gasteiger charge is -2.43. The van der Waals surface area contributed by atoms with E-state index in [4.69, 9.17) is 4.42 Å². The maximum Gasteiger partial charge on any atom is 0.289 e. The van der Waals surface area contributed by atoms with E-state index in [2.05, 4.69) is 0 Å². The lowest BCUT2D eigenvalue weighted by Crippen LogP contribution is -2.61. The van der Waals surface area contributed by atoms with Crippen LogP contribution in [0.15, 0.2) is 16.5 Å². The fraction of sp³-hybridized carbons (Fsp3) is 0.500. The Hall–Kier alpha value is -1.29. The monoisotopic (exact) mass is 195 g/mol. The van der Waals surface area contributed by atoms with Gasteiger partial charge in [0.2, 0.25) is 0 Å². The SMILES string of the molecule is Cc1ccc(C(=O)N2CC(C)(O)C2)o1. The molecule has 0 spiro atoms. The van der Waals surface area contributed by atoms with Crippen LogP contribution in [0.2, 0.25) is 0 Å². The molecule has 1 fully saturated rings. The summed E-state index contributed by atoms with van der Waals surface area (Å²) in [6.45, 7) is 4.27. The summed E-state index contributed by atoms with van der Waals surface area (Å²) in [5, 5.41) is 9.46. The molecule has 1 aliphatic rings. The number of hydrogen-bond acceptors (Lipinski definition) is 3. The second kappa shape index (κ2) is 2.85. The smallest absolute Gasteiger partial charge is 0.289 e. The highest BCUT2D eigenvalue weighted by atomic mass is 16.4. The van der Waals surface area contributed by atoms with Crippen molar-refractivity contribution in [3.05, 3.63) is 23.7 Å². The van der Waals surface area contributed by atoms with Crippen LogP contribution < -0.4 is 0 Å². The molecule has 4 heteroatoms. The summed E-state index contributed by atoms with van der Waals surface area (Å²) >= 11 is 0. The lowest BCUT2D eigenvalue weighted by atomic mass is 9.97. The number of rotatable bonds is 1. The first-order valence-electron chi connectivity index (χ1n) is 4.56. The number of carbonyl (C=O) groups excluding carboxylic acids is 1. The largest absolute Gasteiger partial charge is 0.456 e. The van der Waals surface area contributed by atoms with Crippen molar-refractivity contribution in [3.8, 4) is 0 Å². The van der Waals surface area contributed by atoms with Crippen LogP contribution in [-0.2, 0) is 0 Å². The molecular formula is C10H13NO3. The zero-order valence-corrected chi connectivity index (χ0v) is 8.28. The number of carbonyl (C=O) groups is 1. The van der Waals surface area contributed by atoms with Gasteiger partial charge in [-0.15, -0.1) is 0 Å². The normalized spacial score (nSPS) is 19.2. The molecule has 0 bridgehead atoms. The Kier molecular flexibility index (Phi) is 1.89. The summed E-state index contributed by atoms with van der Waals surface area (Å²) in [6, 6.07) is 3.41. The topological polar surface area (TPSA) is 53.7 Å². The first kappa shape index (κ1) is 9.27. The van der Waals surface area contributed by atoms with Crippen LogP contribution in [0.3, 0.4) is 0 Å². The van der Waals surface area contributed by atoms with Crippen molar-refractivity contribution in [3.63, 3.8) is 0 Å². The van der Waals surface area contributed by atoms with E-state index in [9.17, 15) is 9.90 Å². The van der Waals surface area contributed by atoms with Crippen LogP contribution in [0.25, 0.3) is 0 Å². The third-order valence-electron chi connectivity index (χ3n) is 2.30. The Morgan fingerprint density at radius 1 is 1.57 bits per heavy atom. The van der Waals surface area contributed by atoms with Gasteiger partial charge in [0.25, 0.3) is 5.91 Å². The molecule has 1 saturated heterocycles. The van der Waals surface area contributed by atoms with Crippen LogP contribution >= 0.6 is 0 Å². The van der Waals surface area contributed by atoms with Crippen molar-refractivity contribution in [1.29, 1.82) is 0 Å². The van der Waals surface area contributed by atoms with Gasteiger partial charge in [-0.3, -0.25) is 4.79 Å². The standard InChI is InChI=1S/C10H13NO3/c1-7-3-4-8(14-7)9(12)11-5-10(2,13)6-11/h3-4,13H,5-6H2,1-2H3. The zero-order valence-electron chi connectivity index (χ0n) is 8.28. The number of furan rings is 1. The van der Waals surface area contributed by atoms with Crippen molar-refractivity contribution in [1.82, 2.24) is 4.90 Å². The van der Waals surface area contributed by atoms with E-state index in [-0.39, 0.29) is 5.91 Å². The molecule has 0 aromatic carbocycles. The van der Waals surface area contributed by atoms with E-state index in [0.717, 1.165) is 5.76 Å². The zero-order chi connectivity index (χ0) is 10.3. The predicted molar refractivity (Wildman–Crippen MR) is 50.0 cm³/mol. The minimum atomic E-state index is -0.725. The average Bonchev–Trinajstić information content (AvgIpc) is 2.46. The van der Waals surface area contributed by atoms with Gasteiger partial charge in [0, 0.05) is 0 Å². The molecule has 1 amide bonds. The highest BCUT2D eigenvalue weighted by Gasteiger charge is 2.40.